The lowest BCUT2D eigenvalue weighted by Gasteiger charge is -2.05. The number of imidazole rings is 1. The largest absolute Gasteiger partial charge is 0.481 e. The van der Waals surface area contributed by atoms with Gasteiger partial charge in [-0.05, 0) is 18.2 Å². The van der Waals surface area contributed by atoms with Gasteiger partial charge in [0.05, 0.1) is 12.8 Å². The van der Waals surface area contributed by atoms with E-state index in [9.17, 15) is 4.91 Å². The Labute approximate surface area is 91.9 Å². The third kappa shape index (κ3) is 1.77. The van der Waals surface area contributed by atoms with E-state index in [0.29, 0.717) is 11.7 Å². The maximum Gasteiger partial charge on any atom is 0.215 e. The predicted molar refractivity (Wildman–Crippen MR) is 58.1 cm³/mol. The summed E-state index contributed by atoms with van der Waals surface area (Å²) in [6, 6.07) is 3.15. The number of rotatable bonds is 3. The fourth-order valence-electron chi connectivity index (χ4n) is 1.34. The van der Waals surface area contributed by atoms with Crippen molar-refractivity contribution in [2.75, 3.05) is 7.11 Å². The molecule has 2 heterocycles. The zero-order valence-electron chi connectivity index (χ0n) is 8.91. The highest BCUT2D eigenvalue weighted by atomic mass is 16.5. The number of nitrogens with zero attached hydrogens (tertiary/aromatic N) is 4. The molecule has 0 fully saturated rings. The Hall–Kier alpha value is -2.24. The van der Waals surface area contributed by atoms with E-state index < -0.39 is 0 Å². The summed E-state index contributed by atoms with van der Waals surface area (Å²) in [4.78, 5) is 18.9. The summed E-state index contributed by atoms with van der Waals surface area (Å²) in [6.45, 7) is 1.85. The average Bonchev–Trinajstić information content (AvgIpc) is 2.75. The fourth-order valence-corrected chi connectivity index (χ4v) is 1.34. The van der Waals surface area contributed by atoms with Crippen LogP contribution in [0.15, 0.2) is 29.8 Å². The highest BCUT2D eigenvalue weighted by Gasteiger charge is 2.09. The molecule has 82 valence electrons. The SMILES string of the molecule is COc1ccc(N=O)c(-n2cnc(C)c2)n1. The Kier molecular flexibility index (Phi) is 2.63. The average molecular weight is 218 g/mol. The van der Waals surface area contributed by atoms with E-state index >= 15 is 0 Å². The highest BCUT2D eigenvalue weighted by Crippen LogP contribution is 2.24. The number of aromatic nitrogens is 3. The lowest BCUT2D eigenvalue weighted by molar-refractivity contribution is 0.397. The lowest BCUT2D eigenvalue weighted by Crippen LogP contribution is -1.97. The van der Waals surface area contributed by atoms with Crippen molar-refractivity contribution in [3.63, 3.8) is 0 Å². The summed E-state index contributed by atoms with van der Waals surface area (Å²) in [5.74, 6) is 0.837. The molecule has 2 rings (SSSR count). The molecular formula is C10H10N4O2. The lowest BCUT2D eigenvalue weighted by atomic mass is 10.4. The molecule has 0 unspecified atom stereocenters. The summed E-state index contributed by atoms with van der Waals surface area (Å²) >= 11 is 0. The Morgan fingerprint density at radius 3 is 2.81 bits per heavy atom. The van der Waals surface area contributed by atoms with E-state index in [2.05, 4.69) is 15.1 Å². The first-order valence-corrected chi connectivity index (χ1v) is 4.64. The van der Waals surface area contributed by atoms with E-state index in [1.807, 2.05) is 6.92 Å². The van der Waals surface area contributed by atoms with Gasteiger partial charge in [0.15, 0.2) is 11.5 Å². The Morgan fingerprint density at radius 1 is 1.44 bits per heavy atom. The van der Waals surface area contributed by atoms with Crippen molar-refractivity contribution >= 4 is 5.69 Å². The zero-order valence-corrected chi connectivity index (χ0v) is 8.91. The minimum absolute atomic E-state index is 0.248. The second-order valence-electron chi connectivity index (χ2n) is 3.21. The monoisotopic (exact) mass is 218 g/mol. The van der Waals surface area contributed by atoms with Crippen molar-refractivity contribution in [1.82, 2.24) is 14.5 Å². The molecule has 6 heteroatoms. The molecule has 0 spiro atoms. The number of methoxy groups -OCH3 is 1. The molecule has 16 heavy (non-hydrogen) atoms. The number of pyridine rings is 1. The molecule has 0 aromatic carbocycles. The summed E-state index contributed by atoms with van der Waals surface area (Å²) in [6.07, 6.45) is 3.34. The van der Waals surface area contributed by atoms with Crippen molar-refractivity contribution in [3.8, 4) is 11.7 Å². The zero-order chi connectivity index (χ0) is 11.5. The smallest absolute Gasteiger partial charge is 0.215 e. The minimum atomic E-state index is 0.248. The molecule has 0 radical (unpaired) electrons. The van der Waals surface area contributed by atoms with Crippen LogP contribution in [0.4, 0.5) is 5.69 Å². The molecule has 0 atom stereocenters. The predicted octanol–water partition coefficient (Wildman–Crippen LogP) is 1.98. The second kappa shape index (κ2) is 4.09. The van der Waals surface area contributed by atoms with Crippen LogP contribution in [0.2, 0.25) is 0 Å². The van der Waals surface area contributed by atoms with Gasteiger partial charge in [0.2, 0.25) is 5.88 Å². The van der Waals surface area contributed by atoms with Gasteiger partial charge in [-0.25, -0.2) is 4.98 Å². The van der Waals surface area contributed by atoms with E-state index in [1.54, 1.807) is 29.2 Å². The number of hydrogen-bond acceptors (Lipinski definition) is 5. The molecular weight excluding hydrogens is 208 g/mol. The van der Waals surface area contributed by atoms with Crippen LogP contribution in [0.3, 0.4) is 0 Å². The van der Waals surface area contributed by atoms with Gasteiger partial charge in [-0.15, -0.1) is 4.91 Å². The molecule has 2 aromatic rings. The molecule has 0 saturated carbocycles. The van der Waals surface area contributed by atoms with Gasteiger partial charge in [0, 0.05) is 12.3 Å². The molecule has 0 N–H and O–H groups in total. The number of nitroso groups, excluding NO2 is 1. The van der Waals surface area contributed by atoms with Gasteiger partial charge in [-0.2, -0.15) is 4.98 Å². The summed E-state index contributed by atoms with van der Waals surface area (Å²) in [5.41, 5.74) is 1.08. The van der Waals surface area contributed by atoms with Gasteiger partial charge in [-0.1, -0.05) is 0 Å². The molecule has 0 saturated heterocycles. The molecule has 0 amide bonds. The minimum Gasteiger partial charge on any atom is -0.481 e. The van der Waals surface area contributed by atoms with Crippen molar-refractivity contribution < 1.29 is 4.74 Å². The van der Waals surface area contributed by atoms with E-state index in [4.69, 9.17) is 4.74 Å². The molecule has 0 aliphatic carbocycles. The van der Waals surface area contributed by atoms with Crippen molar-refractivity contribution in [1.29, 1.82) is 0 Å². The first kappa shape index (κ1) is 10.3. The highest BCUT2D eigenvalue weighted by molar-refractivity contribution is 5.53. The fraction of sp³-hybridized carbons (Fsp3) is 0.200. The van der Waals surface area contributed by atoms with Gasteiger partial charge < -0.3 is 4.74 Å². The van der Waals surface area contributed by atoms with Crippen LogP contribution in [0.5, 0.6) is 5.88 Å². The van der Waals surface area contributed by atoms with E-state index in [0.717, 1.165) is 5.69 Å². The second-order valence-corrected chi connectivity index (χ2v) is 3.21. The van der Waals surface area contributed by atoms with E-state index in [-0.39, 0.29) is 5.69 Å². The van der Waals surface area contributed by atoms with Crippen LogP contribution in [-0.2, 0) is 0 Å². The van der Waals surface area contributed by atoms with Gasteiger partial charge in [0.25, 0.3) is 0 Å². The normalized spacial score (nSPS) is 10.1. The third-order valence-corrected chi connectivity index (χ3v) is 2.09. The summed E-state index contributed by atoms with van der Waals surface area (Å²) in [5, 5.41) is 2.91. The van der Waals surface area contributed by atoms with Crippen molar-refractivity contribution in [2.45, 2.75) is 6.92 Å². The molecule has 2 aromatic heterocycles. The number of aryl methyl sites for hydroxylation is 1. The van der Waals surface area contributed by atoms with Crippen LogP contribution < -0.4 is 4.74 Å². The van der Waals surface area contributed by atoms with Crippen LogP contribution in [0.25, 0.3) is 5.82 Å². The standard InChI is InChI=1S/C10H10N4O2/c1-7-5-14(6-11-7)10-8(13-15)3-4-9(12-10)16-2/h3-6H,1-2H3. The van der Waals surface area contributed by atoms with Crippen molar-refractivity contribution in [3.05, 3.63) is 35.3 Å². The van der Waals surface area contributed by atoms with E-state index in [1.165, 1.54) is 7.11 Å². The number of hydrogen-bond donors (Lipinski definition) is 0. The maximum absolute atomic E-state index is 10.6. The molecule has 6 nitrogen and oxygen atoms in total. The van der Waals surface area contributed by atoms with Crippen LogP contribution in [-0.4, -0.2) is 21.6 Å². The van der Waals surface area contributed by atoms with Crippen LogP contribution >= 0.6 is 0 Å². The Balaban J connectivity index is 2.56. The topological polar surface area (TPSA) is 69.4 Å². The van der Waals surface area contributed by atoms with Crippen molar-refractivity contribution in [2.24, 2.45) is 5.18 Å². The number of ether oxygens (including phenoxy) is 1. The van der Waals surface area contributed by atoms with Crippen LogP contribution in [0, 0.1) is 11.8 Å². The molecule has 0 aliphatic rings. The van der Waals surface area contributed by atoms with Gasteiger partial charge >= 0.3 is 0 Å². The van der Waals surface area contributed by atoms with Gasteiger partial charge in [-0.3, -0.25) is 4.57 Å². The quantitative estimate of drug-likeness (QED) is 0.738. The summed E-state index contributed by atoms with van der Waals surface area (Å²) < 4.78 is 6.63. The Bertz CT molecular complexity index is 521. The van der Waals surface area contributed by atoms with Gasteiger partial charge in [0.1, 0.15) is 6.33 Å². The third-order valence-electron chi connectivity index (χ3n) is 2.09. The molecule has 0 bridgehead atoms. The Morgan fingerprint density at radius 2 is 2.25 bits per heavy atom. The molecule has 0 aliphatic heterocycles. The summed E-state index contributed by atoms with van der Waals surface area (Å²) in [7, 11) is 1.51. The first-order valence-electron chi connectivity index (χ1n) is 4.64. The first-order chi connectivity index (χ1) is 7.74. The maximum atomic E-state index is 10.6. The van der Waals surface area contributed by atoms with Crippen LogP contribution in [0.1, 0.15) is 5.69 Å².